The van der Waals surface area contributed by atoms with Gasteiger partial charge in [-0.3, -0.25) is 4.79 Å². The number of anilines is 1. The Bertz CT molecular complexity index is 625. The lowest BCUT2D eigenvalue weighted by atomic mass is 9.91. The zero-order valence-electron chi connectivity index (χ0n) is 9.31. The number of para-hydroxylation sites is 1. The summed E-state index contributed by atoms with van der Waals surface area (Å²) in [4.78, 5) is 13.0. The van der Waals surface area contributed by atoms with Crippen molar-refractivity contribution in [3.05, 3.63) is 50.6 Å². The van der Waals surface area contributed by atoms with Gasteiger partial charge in [-0.1, -0.05) is 18.2 Å². The first-order valence-corrected chi connectivity index (χ1v) is 7.13. The van der Waals surface area contributed by atoms with E-state index in [1.807, 2.05) is 23.6 Å². The number of hydrogen-bond acceptors (Lipinski definition) is 3. The number of rotatable bonds is 2. The molecule has 1 aliphatic rings. The standard InChI is InChI=1S/C13H10BrNO2S/c14-8-5-9(18-7-8)6-13(17)10-3-1-2-4-11(10)15-12(13)16/h1-5,7,17H,6H2,(H,15,16). The third-order valence-corrected chi connectivity index (χ3v) is 4.75. The van der Waals surface area contributed by atoms with Crippen molar-refractivity contribution in [1.82, 2.24) is 0 Å². The van der Waals surface area contributed by atoms with Crippen LogP contribution in [0.5, 0.6) is 0 Å². The fourth-order valence-electron chi connectivity index (χ4n) is 2.17. The van der Waals surface area contributed by atoms with Gasteiger partial charge in [-0.15, -0.1) is 11.3 Å². The van der Waals surface area contributed by atoms with Crippen LogP contribution in [0.4, 0.5) is 5.69 Å². The van der Waals surface area contributed by atoms with Crippen LogP contribution in [0.3, 0.4) is 0 Å². The molecule has 0 fully saturated rings. The van der Waals surface area contributed by atoms with Gasteiger partial charge in [-0.05, 0) is 28.1 Å². The smallest absolute Gasteiger partial charge is 0.261 e. The van der Waals surface area contributed by atoms with E-state index in [0.29, 0.717) is 17.7 Å². The van der Waals surface area contributed by atoms with E-state index in [4.69, 9.17) is 0 Å². The molecule has 18 heavy (non-hydrogen) atoms. The Balaban J connectivity index is 2.01. The van der Waals surface area contributed by atoms with Crippen molar-refractivity contribution in [2.45, 2.75) is 12.0 Å². The van der Waals surface area contributed by atoms with E-state index in [-0.39, 0.29) is 5.91 Å². The maximum absolute atomic E-state index is 12.0. The van der Waals surface area contributed by atoms with Crippen LogP contribution in [-0.4, -0.2) is 11.0 Å². The summed E-state index contributed by atoms with van der Waals surface area (Å²) in [6.07, 6.45) is 0.298. The van der Waals surface area contributed by atoms with Gasteiger partial charge in [0.1, 0.15) is 0 Å². The number of amides is 1. The largest absolute Gasteiger partial charge is 0.375 e. The highest BCUT2D eigenvalue weighted by atomic mass is 79.9. The molecular weight excluding hydrogens is 314 g/mol. The molecule has 1 aromatic heterocycles. The van der Waals surface area contributed by atoms with Crippen LogP contribution in [0.1, 0.15) is 10.4 Å². The number of carbonyl (C=O) groups is 1. The van der Waals surface area contributed by atoms with Crippen molar-refractivity contribution in [2.75, 3.05) is 5.32 Å². The van der Waals surface area contributed by atoms with Gasteiger partial charge in [0, 0.05) is 32.4 Å². The molecular formula is C13H10BrNO2S. The molecule has 0 bridgehead atoms. The molecule has 0 saturated heterocycles. The van der Waals surface area contributed by atoms with E-state index in [0.717, 1.165) is 9.35 Å². The first-order valence-electron chi connectivity index (χ1n) is 5.46. The second kappa shape index (κ2) is 4.19. The summed E-state index contributed by atoms with van der Waals surface area (Å²) in [5, 5.41) is 15.3. The fraction of sp³-hybridized carbons (Fsp3) is 0.154. The van der Waals surface area contributed by atoms with Crippen molar-refractivity contribution in [2.24, 2.45) is 0 Å². The molecule has 0 aliphatic carbocycles. The van der Waals surface area contributed by atoms with Crippen LogP contribution in [0.2, 0.25) is 0 Å². The zero-order valence-corrected chi connectivity index (χ0v) is 11.7. The number of aliphatic hydroxyl groups is 1. The number of nitrogens with one attached hydrogen (secondary N) is 1. The van der Waals surface area contributed by atoms with Gasteiger partial charge in [-0.2, -0.15) is 0 Å². The summed E-state index contributed by atoms with van der Waals surface area (Å²) in [6, 6.07) is 9.18. The summed E-state index contributed by atoms with van der Waals surface area (Å²) in [5.74, 6) is -0.353. The molecule has 1 unspecified atom stereocenters. The Hall–Kier alpha value is -1.17. The zero-order chi connectivity index (χ0) is 12.8. The first-order chi connectivity index (χ1) is 8.59. The van der Waals surface area contributed by atoms with Crippen molar-refractivity contribution in [1.29, 1.82) is 0 Å². The van der Waals surface area contributed by atoms with Gasteiger partial charge in [-0.25, -0.2) is 0 Å². The molecule has 1 amide bonds. The first kappa shape index (κ1) is 11.9. The predicted molar refractivity (Wildman–Crippen MR) is 74.7 cm³/mol. The predicted octanol–water partition coefficient (Wildman–Crippen LogP) is 2.89. The molecule has 3 rings (SSSR count). The van der Waals surface area contributed by atoms with Crippen molar-refractivity contribution in [3.8, 4) is 0 Å². The molecule has 92 valence electrons. The highest BCUT2D eigenvalue weighted by Gasteiger charge is 2.45. The van der Waals surface area contributed by atoms with Gasteiger partial charge in [0.15, 0.2) is 5.60 Å². The minimum absolute atomic E-state index is 0.298. The maximum atomic E-state index is 12.0. The van der Waals surface area contributed by atoms with E-state index >= 15 is 0 Å². The lowest BCUT2D eigenvalue weighted by molar-refractivity contribution is -0.133. The molecule has 2 aromatic rings. The third-order valence-electron chi connectivity index (χ3n) is 3.05. The molecule has 5 heteroatoms. The fourth-order valence-corrected chi connectivity index (χ4v) is 3.70. The van der Waals surface area contributed by atoms with Crippen LogP contribution >= 0.6 is 27.3 Å². The Morgan fingerprint density at radius 3 is 2.89 bits per heavy atom. The van der Waals surface area contributed by atoms with Crippen LogP contribution in [-0.2, 0) is 16.8 Å². The van der Waals surface area contributed by atoms with Gasteiger partial charge in [0.2, 0.25) is 0 Å². The highest BCUT2D eigenvalue weighted by molar-refractivity contribution is 9.10. The van der Waals surface area contributed by atoms with Gasteiger partial charge in [0.05, 0.1) is 0 Å². The summed E-state index contributed by atoms with van der Waals surface area (Å²) in [7, 11) is 0. The number of benzene rings is 1. The molecule has 2 heterocycles. The van der Waals surface area contributed by atoms with Gasteiger partial charge >= 0.3 is 0 Å². The summed E-state index contributed by atoms with van der Waals surface area (Å²) in [6.45, 7) is 0. The minimum Gasteiger partial charge on any atom is -0.375 e. The van der Waals surface area contributed by atoms with Crippen molar-refractivity contribution < 1.29 is 9.90 Å². The Kier molecular flexibility index (Phi) is 2.77. The van der Waals surface area contributed by atoms with Gasteiger partial charge < -0.3 is 10.4 Å². The number of thiophene rings is 1. The average Bonchev–Trinajstić information content (AvgIpc) is 2.84. The average molecular weight is 324 g/mol. The molecule has 0 saturated carbocycles. The maximum Gasteiger partial charge on any atom is 0.261 e. The van der Waals surface area contributed by atoms with E-state index < -0.39 is 5.60 Å². The molecule has 3 nitrogen and oxygen atoms in total. The second-order valence-electron chi connectivity index (χ2n) is 4.27. The highest BCUT2D eigenvalue weighted by Crippen LogP contribution is 2.39. The SMILES string of the molecule is O=C1Nc2ccccc2C1(O)Cc1cc(Br)cs1. The number of fused-ring (bicyclic) bond motifs is 1. The summed E-state index contributed by atoms with van der Waals surface area (Å²) >= 11 is 4.90. The molecule has 1 atom stereocenters. The quantitative estimate of drug-likeness (QED) is 0.892. The van der Waals surface area contributed by atoms with Crippen molar-refractivity contribution >= 4 is 38.9 Å². The Morgan fingerprint density at radius 2 is 2.17 bits per heavy atom. The Labute approximate surface area is 117 Å². The molecule has 2 N–H and O–H groups in total. The number of hydrogen-bond donors (Lipinski definition) is 2. The van der Waals surface area contributed by atoms with E-state index in [9.17, 15) is 9.90 Å². The minimum atomic E-state index is -1.46. The number of carbonyl (C=O) groups excluding carboxylic acids is 1. The van der Waals surface area contributed by atoms with Crippen LogP contribution < -0.4 is 5.32 Å². The molecule has 0 radical (unpaired) electrons. The number of halogens is 1. The van der Waals surface area contributed by atoms with Crippen LogP contribution in [0.15, 0.2) is 40.2 Å². The lowest BCUT2D eigenvalue weighted by Gasteiger charge is -2.19. The van der Waals surface area contributed by atoms with Crippen LogP contribution in [0.25, 0.3) is 0 Å². The Morgan fingerprint density at radius 1 is 1.39 bits per heavy atom. The molecule has 1 aliphatic heterocycles. The van der Waals surface area contributed by atoms with E-state index in [1.54, 1.807) is 12.1 Å². The molecule has 0 spiro atoms. The normalized spacial score (nSPS) is 21.8. The van der Waals surface area contributed by atoms with Crippen molar-refractivity contribution in [3.63, 3.8) is 0 Å². The summed E-state index contributed by atoms with van der Waals surface area (Å²) < 4.78 is 0.970. The van der Waals surface area contributed by atoms with E-state index in [1.165, 1.54) is 11.3 Å². The lowest BCUT2D eigenvalue weighted by Crippen LogP contribution is -2.36. The molecule has 1 aromatic carbocycles. The van der Waals surface area contributed by atoms with Crippen LogP contribution in [0, 0.1) is 0 Å². The summed E-state index contributed by atoms with van der Waals surface area (Å²) in [5.41, 5.74) is -0.110. The van der Waals surface area contributed by atoms with E-state index in [2.05, 4.69) is 21.2 Å². The topological polar surface area (TPSA) is 49.3 Å². The monoisotopic (exact) mass is 323 g/mol. The third kappa shape index (κ3) is 1.79. The van der Waals surface area contributed by atoms with Gasteiger partial charge in [0.25, 0.3) is 5.91 Å². The second-order valence-corrected chi connectivity index (χ2v) is 6.18.